The van der Waals surface area contributed by atoms with Crippen LogP contribution in [-0.2, 0) is 14.6 Å². The van der Waals surface area contributed by atoms with Gasteiger partial charge in [0.2, 0.25) is 17.7 Å². The Balaban J connectivity index is 1.63. The van der Waals surface area contributed by atoms with E-state index in [0.29, 0.717) is 49.7 Å². The lowest BCUT2D eigenvalue weighted by molar-refractivity contribution is -0.133. The van der Waals surface area contributed by atoms with Crippen molar-refractivity contribution in [3.05, 3.63) is 35.9 Å². The van der Waals surface area contributed by atoms with Crippen LogP contribution >= 0.6 is 0 Å². The highest BCUT2D eigenvalue weighted by Gasteiger charge is 2.25. The predicted molar refractivity (Wildman–Crippen MR) is 121 cm³/mol. The highest BCUT2D eigenvalue weighted by molar-refractivity contribution is 7.90. The van der Waals surface area contributed by atoms with Gasteiger partial charge in [-0.3, -0.25) is 4.79 Å². The molecule has 1 aliphatic heterocycles. The van der Waals surface area contributed by atoms with Crippen LogP contribution in [0.1, 0.15) is 45.1 Å². The van der Waals surface area contributed by atoms with Gasteiger partial charge in [-0.15, -0.1) is 0 Å². The maximum atomic E-state index is 14.4. The third kappa shape index (κ3) is 6.63. The van der Waals surface area contributed by atoms with Gasteiger partial charge in [-0.1, -0.05) is 13.8 Å². The lowest BCUT2D eigenvalue weighted by atomic mass is 10.0. The van der Waals surface area contributed by atoms with E-state index in [-0.39, 0.29) is 28.5 Å². The van der Waals surface area contributed by atoms with Gasteiger partial charge in [0.25, 0.3) is 0 Å². The maximum Gasteiger partial charge on any atom is 0.229 e. The molecule has 1 aliphatic rings. The van der Waals surface area contributed by atoms with E-state index in [1.54, 1.807) is 6.92 Å². The molecule has 0 aliphatic carbocycles. The van der Waals surface area contributed by atoms with Crippen molar-refractivity contribution in [3.63, 3.8) is 0 Å². The quantitative estimate of drug-likeness (QED) is 0.566. The summed E-state index contributed by atoms with van der Waals surface area (Å²) in [7, 11) is -3.53. The van der Waals surface area contributed by atoms with Crippen LogP contribution in [0.5, 0.6) is 17.5 Å². The molecule has 0 unspecified atom stereocenters. The number of likely N-dealkylation sites (tertiary alicyclic amines) is 1. The van der Waals surface area contributed by atoms with Gasteiger partial charge in [-0.2, -0.15) is 0 Å². The van der Waals surface area contributed by atoms with Crippen LogP contribution in [0.15, 0.2) is 29.4 Å². The average Bonchev–Trinajstić information content (AvgIpc) is 2.76. The summed E-state index contributed by atoms with van der Waals surface area (Å²) in [4.78, 5) is 22.3. The lowest BCUT2D eigenvalue weighted by Crippen LogP contribution is -2.41. The molecule has 1 amide bonds. The first-order valence-electron chi connectivity index (χ1n) is 11.0. The van der Waals surface area contributed by atoms with Gasteiger partial charge < -0.3 is 14.4 Å². The van der Waals surface area contributed by atoms with Crippen LogP contribution in [0.3, 0.4) is 0 Å². The number of ether oxygens (including phenoxy) is 2. The fraction of sp³-hybridized carbons (Fsp3) is 0.522. The first-order valence-corrected chi connectivity index (χ1v) is 12.9. The summed E-state index contributed by atoms with van der Waals surface area (Å²) < 4.78 is 49.2. The number of halogens is 1. The van der Waals surface area contributed by atoms with Gasteiger partial charge in [0.15, 0.2) is 21.4 Å². The molecular weight excluding hydrogens is 449 g/mol. The van der Waals surface area contributed by atoms with E-state index < -0.39 is 15.7 Å². The third-order valence-electron chi connectivity index (χ3n) is 5.54. The van der Waals surface area contributed by atoms with Gasteiger partial charge in [0.05, 0.1) is 10.5 Å². The van der Waals surface area contributed by atoms with E-state index in [0.717, 1.165) is 18.7 Å². The smallest absolute Gasteiger partial charge is 0.229 e. The first kappa shape index (κ1) is 24.9. The number of benzene rings is 1. The number of hydrogen-bond donors (Lipinski definition) is 0. The van der Waals surface area contributed by atoms with Crippen molar-refractivity contribution < 1.29 is 27.1 Å². The van der Waals surface area contributed by atoms with Crippen molar-refractivity contribution in [2.45, 2.75) is 57.5 Å². The zero-order valence-corrected chi connectivity index (χ0v) is 20.2. The Morgan fingerprint density at radius 2 is 1.88 bits per heavy atom. The van der Waals surface area contributed by atoms with Crippen LogP contribution in [0.25, 0.3) is 0 Å². The minimum absolute atomic E-state index is 0.105. The lowest BCUT2D eigenvalue weighted by Gasteiger charge is -2.32. The Morgan fingerprint density at radius 1 is 1.21 bits per heavy atom. The van der Waals surface area contributed by atoms with Gasteiger partial charge in [0.1, 0.15) is 12.4 Å². The number of amides is 1. The Bertz CT molecular complexity index is 1100. The molecule has 10 heteroatoms. The number of carbonyl (C=O) groups excluding carboxylic acids is 1. The molecule has 0 atom stereocenters. The summed E-state index contributed by atoms with van der Waals surface area (Å²) in [6, 6.07) is 3.44. The number of nitrogens with zero attached hydrogens (tertiary/aromatic N) is 3. The van der Waals surface area contributed by atoms with Crippen molar-refractivity contribution in [2.75, 3.05) is 19.3 Å². The summed E-state index contributed by atoms with van der Waals surface area (Å²) in [6.07, 6.45) is 5.00. The minimum atomic E-state index is -3.53. The van der Waals surface area contributed by atoms with E-state index in [1.807, 2.05) is 4.90 Å². The fourth-order valence-corrected chi connectivity index (χ4v) is 4.12. The van der Waals surface area contributed by atoms with E-state index in [9.17, 15) is 17.6 Å². The SMILES string of the molecule is Cc1c(Oc2ccc(S(C)(=O)=O)cc2F)ncnc1OC1CCN(C(=O)CCC(C)C)CC1. The zero-order valence-electron chi connectivity index (χ0n) is 19.4. The number of aromatic nitrogens is 2. The fourth-order valence-electron chi connectivity index (χ4n) is 3.49. The molecule has 1 aromatic heterocycles. The Labute approximate surface area is 194 Å². The molecule has 1 fully saturated rings. The minimum Gasteiger partial charge on any atom is -0.474 e. The molecule has 0 N–H and O–H groups in total. The molecule has 0 radical (unpaired) electrons. The van der Waals surface area contributed by atoms with Crippen LogP contribution < -0.4 is 9.47 Å². The Morgan fingerprint density at radius 3 is 2.48 bits per heavy atom. The molecule has 1 aromatic carbocycles. The summed E-state index contributed by atoms with van der Waals surface area (Å²) >= 11 is 0. The predicted octanol–water partition coefficient (Wildman–Crippen LogP) is 3.93. The number of rotatable bonds is 8. The normalized spacial score (nSPS) is 15.0. The van der Waals surface area contributed by atoms with Crippen molar-refractivity contribution in [3.8, 4) is 17.5 Å². The monoisotopic (exact) mass is 479 g/mol. The van der Waals surface area contributed by atoms with E-state index in [2.05, 4.69) is 23.8 Å². The first-order chi connectivity index (χ1) is 15.5. The van der Waals surface area contributed by atoms with E-state index in [4.69, 9.17) is 9.47 Å². The number of carbonyl (C=O) groups is 1. The topological polar surface area (TPSA) is 98.7 Å². The van der Waals surface area contributed by atoms with Gasteiger partial charge >= 0.3 is 0 Å². The van der Waals surface area contributed by atoms with Gasteiger partial charge in [0, 0.05) is 38.6 Å². The maximum absolute atomic E-state index is 14.4. The second kappa shape index (κ2) is 10.5. The van der Waals surface area contributed by atoms with Crippen molar-refractivity contribution in [2.24, 2.45) is 5.92 Å². The summed E-state index contributed by atoms with van der Waals surface area (Å²) in [6.45, 7) is 7.18. The number of hydrogen-bond acceptors (Lipinski definition) is 7. The molecular formula is C23H30FN3O5S. The molecule has 0 spiro atoms. The van der Waals surface area contributed by atoms with Crippen molar-refractivity contribution in [1.82, 2.24) is 14.9 Å². The molecule has 33 heavy (non-hydrogen) atoms. The van der Waals surface area contributed by atoms with E-state index in [1.165, 1.54) is 18.5 Å². The highest BCUT2D eigenvalue weighted by atomic mass is 32.2. The van der Waals surface area contributed by atoms with Crippen molar-refractivity contribution >= 4 is 15.7 Å². The second-order valence-electron chi connectivity index (χ2n) is 8.71. The molecule has 180 valence electrons. The van der Waals surface area contributed by atoms with Crippen LogP contribution in [-0.4, -0.2) is 54.6 Å². The molecule has 8 nitrogen and oxygen atoms in total. The van der Waals surface area contributed by atoms with Crippen molar-refractivity contribution in [1.29, 1.82) is 0 Å². The highest BCUT2D eigenvalue weighted by Crippen LogP contribution is 2.31. The molecule has 2 heterocycles. The summed E-state index contributed by atoms with van der Waals surface area (Å²) in [5, 5.41) is 0. The molecule has 0 bridgehead atoms. The van der Waals surface area contributed by atoms with Crippen LogP contribution in [0.2, 0.25) is 0 Å². The molecule has 2 aromatic rings. The van der Waals surface area contributed by atoms with Gasteiger partial charge in [-0.05, 0) is 37.5 Å². The van der Waals surface area contributed by atoms with Gasteiger partial charge in [-0.25, -0.2) is 22.8 Å². The Kier molecular flexibility index (Phi) is 7.88. The molecule has 0 saturated carbocycles. The molecule has 3 rings (SSSR count). The number of sulfone groups is 1. The average molecular weight is 480 g/mol. The van der Waals surface area contributed by atoms with E-state index >= 15 is 0 Å². The van der Waals surface area contributed by atoms with Crippen LogP contribution in [0, 0.1) is 18.7 Å². The Hall–Kier alpha value is -2.75. The summed E-state index contributed by atoms with van der Waals surface area (Å²) in [5.74, 6) is 0.166. The largest absolute Gasteiger partial charge is 0.474 e. The summed E-state index contributed by atoms with van der Waals surface area (Å²) in [5.41, 5.74) is 0.500. The standard InChI is InChI=1S/C23H30FN3O5S/c1-15(2)5-8-21(28)27-11-9-17(10-12-27)31-22-16(3)23(26-14-25-22)32-20-7-6-18(13-19(20)24)33(4,29)30/h6-7,13-15,17H,5,8-12H2,1-4H3. The second-order valence-corrected chi connectivity index (χ2v) is 10.7. The molecule has 1 saturated heterocycles. The zero-order chi connectivity index (χ0) is 24.2. The van der Waals surface area contributed by atoms with Crippen LogP contribution in [0.4, 0.5) is 4.39 Å². The number of piperidine rings is 1. The third-order valence-corrected chi connectivity index (χ3v) is 6.65.